The van der Waals surface area contributed by atoms with Gasteiger partial charge in [0.1, 0.15) is 5.69 Å². The van der Waals surface area contributed by atoms with Gasteiger partial charge in [0.05, 0.1) is 11.3 Å². The third-order valence-corrected chi connectivity index (χ3v) is 2.63. The zero-order valence-corrected chi connectivity index (χ0v) is 10.6. The van der Waals surface area contributed by atoms with Crippen LogP contribution in [-0.4, -0.2) is 30.0 Å². The van der Waals surface area contributed by atoms with Crippen molar-refractivity contribution in [2.45, 2.75) is 17.7 Å². The summed E-state index contributed by atoms with van der Waals surface area (Å²) in [5, 5.41) is 17.4. The third kappa shape index (κ3) is 8.71. The molecule has 0 bridgehead atoms. The van der Waals surface area contributed by atoms with Crippen molar-refractivity contribution < 1.29 is 38.5 Å². The van der Waals surface area contributed by atoms with Gasteiger partial charge in [0, 0.05) is 18.1 Å². The van der Waals surface area contributed by atoms with Gasteiger partial charge in [-0.05, 0) is 18.6 Å². The molecule has 0 atom stereocenters. The number of carboxylic acid groups (broad SMARTS) is 2. The summed E-state index contributed by atoms with van der Waals surface area (Å²) in [5.41, 5.74) is 4.27. The molecule has 0 aliphatic carbocycles. The molecule has 19 heavy (non-hydrogen) atoms. The summed E-state index contributed by atoms with van der Waals surface area (Å²) in [4.78, 5) is 19.0. The highest BCUT2D eigenvalue weighted by molar-refractivity contribution is 7.85. The van der Waals surface area contributed by atoms with Gasteiger partial charge in [0.2, 0.25) is 0 Å². The first kappa shape index (κ1) is 17.0. The Morgan fingerprint density at radius 2 is 1.63 bits per heavy atom. The lowest BCUT2D eigenvalue weighted by Crippen LogP contribution is -2.39. The summed E-state index contributed by atoms with van der Waals surface area (Å²) in [7, 11) is -4.05. The molecule has 0 aliphatic rings. The molecule has 1 aromatic carbocycles. The quantitative estimate of drug-likeness (QED) is 0.563. The molecule has 0 fully saturated rings. The highest BCUT2D eigenvalue weighted by atomic mass is 32.2. The normalized spacial score (nSPS) is 10.2. The number of carboxylic acids is 2. The van der Waals surface area contributed by atoms with Crippen LogP contribution < -0.4 is 10.8 Å². The third-order valence-electron chi connectivity index (χ3n) is 1.76. The summed E-state index contributed by atoms with van der Waals surface area (Å²) >= 11 is 0. The van der Waals surface area contributed by atoms with E-state index in [1.165, 1.54) is 24.3 Å². The van der Waals surface area contributed by atoms with E-state index in [4.69, 9.17) is 9.66 Å². The summed E-state index contributed by atoms with van der Waals surface area (Å²) in [6, 6.07) is 5.64. The standard InChI is InChI=1S/C6H7NO3S.C4H6O4/c7-5-1-3-6(4-2-5)11(8,9)10;5-3(6)1-2-4(7)8/h1-4H,7H2,(H,8,9,10);1-2H2,(H,5,6)(H,7,8). The maximum Gasteiger partial charge on any atom is 0.303 e. The van der Waals surface area contributed by atoms with Crippen LogP contribution in [-0.2, 0) is 19.7 Å². The van der Waals surface area contributed by atoms with Gasteiger partial charge in [-0.1, -0.05) is 0 Å². The topological polar surface area (TPSA) is 159 Å². The van der Waals surface area contributed by atoms with Gasteiger partial charge in [0.15, 0.2) is 0 Å². The minimum atomic E-state index is -4.05. The Balaban J connectivity index is 0.000000362. The zero-order chi connectivity index (χ0) is 15.1. The van der Waals surface area contributed by atoms with Crippen molar-refractivity contribution in [3.05, 3.63) is 24.3 Å². The lowest BCUT2D eigenvalue weighted by Gasteiger charge is -1.94. The molecule has 1 aromatic rings. The summed E-state index contributed by atoms with van der Waals surface area (Å²) in [6.07, 6.45) is -0.766. The molecule has 0 unspecified atom stereocenters. The molecule has 106 valence electrons. The molecule has 9 heteroatoms. The van der Waals surface area contributed by atoms with Crippen LogP contribution in [0.2, 0.25) is 0 Å². The fourth-order valence-electron chi connectivity index (χ4n) is 0.870. The van der Waals surface area contributed by atoms with Crippen molar-refractivity contribution in [2.24, 2.45) is 0 Å². The average molecular weight is 291 g/mol. The first-order valence-electron chi connectivity index (χ1n) is 4.94. The maximum absolute atomic E-state index is 10.5. The smallest absolute Gasteiger partial charge is 0.303 e. The van der Waals surface area contributed by atoms with Crippen LogP contribution >= 0.6 is 0 Å². The number of hydrogen-bond acceptors (Lipinski definition) is 5. The Labute approximate surface area is 109 Å². The Bertz CT molecular complexity index is 522. The van der Waals surface area contributed by atoms with Gasteiger partial charge in [-0.2, -0.15) is 8.42 Å². The van der Waals surface area contributed by atoms with Gasteiger partial charge < -0.3 is 20.7 Å². The molecule has 0 aliphatic heterocycles. The summed E-state index contributed by atoms with van der Waals surface area (Å²) in [6.45, 7) is 0. The first-order chi connectivity index (χ1) is 8.62. The van der Waals surface area contributed by atoms with Crippen molar-refractivity contribution in [2.75, 3.05) is 0 Å². The van der Waals surface area contributed by atoms with E-state index >= 15 is 0 Å². The van der Waals surface area contributed by atoms with Crippen molar-refractivity contribution in [1.29, 1.82) is 0 Å². The number of carbonyl (C=O) groups is 2. The highest BCUT2D eigenvalue weighted by Gasteiger charge is 2.07. The van der Waals surface area contributed by atoms with E-state index in [1.54, 1.807) is 0 Å². The van der Waals surface area contributed by atoms with Crippen molar-refractivity contribution in [1.82, 2.24) is 0 Å². The lowest BCUT2D eigenvalue weighted by molar-refractivity contribution is -0.305. The van der Waals surface area contributed by atoms with Crippen LogP contribution in [0, 0.1) is 0 Å². The molecular weight excluding hydrogens is 278 g/mol. The number of hydrogen-bond donors (Lipinski definition) is 3. The largest absolute Gasteiger partial charge is 0.550 e. The molecule has 0 radical (unpaired) electrons. The zero-order valence-electron chi connectivity index (χ0n) is 9.77. The monoisotopic (exact) mass is 291 g/mol. The number of quaternary nitrogens is 1. The van der Waals surface area contributed by atoms with Gasteiger partial charge in [-0.15, -0.1) is 0 Å². The first-order valence-corrected chi connectivity index (χ1v) is 6.38. The van der Waals surface area contributed by atoms with E-state index in [1.807, 2.05) is 0 Å². The van der Waals surface area contributed by atoms with Crippen molar-refractivity contribution >= 4 is 27.7 Å². The Kier molecular flexibility index (Phi) is 6.69. The van der Waals surface area contributed by atoms with Crippen LogP contribution in [0.1, 0.15) is 12.8 Å². The highest BCUT2D eigenvalue weighted by Crippen LogP contribution is 2.09. The Morgan fingerprint density at radius 1 is 1.16 bits per heavy atom. The van der Waals surface area contributed by atoms with Gasteiger partial charge in [-0.25, -0.2) is 0 Å². The molecule has 1 rings (SSSR count). The van der Waals surface area contributed by atoms with Crippen LogP contribution in [0.25, 0.3) is 0 Å². The number of aliphatic carboxylic acids is 2. The fraction of sp³-hybridized carbons (Fsp3) is 0.200. The second-order valence-electron chi connectivity index (χ2n) is 3.38. The fourth-order valence-corrected chi connectivity index (χ4v) is 1.35. The van der Waals surface area contributed by atoms with Crippen LogP contribution in [0.15, 0.2) is 29.2 Å². The van der Waals surface area contributed by atoms with E-state index in [-0.39, 0.29) is 11.3 Å². The molecular formula is C10H13NO7S. The van der Waals surface area contributed by atoms with Gasteiger partial charge >= 0.3 is 5.97 Å². The van der Waals surface area contributed by atoms with Crippen LogP contribution in [0.5, 0.6) is 0 Å². The van der Waals surface area contributed by atoms with Gasteiger partial charge in [0.25, 0.3) is 10.1 Å². The number of benzene rings is 1. The van der Waals surface area contributed by atoms with E-state index < -0.39 is 28.5 Å². The number of carbonyl (C=O) groups excluding carboxylic acids is 1. The summed E-state index contributed by atoms with van der Waals surface area (Å²) < 4.78 is 29.5. The SMILES string of the molecule is O=C([O-])CCC(=O)O.[NH3+]c1ccc(S(=O)(=O)O)cc1. The van der Waals surface area contributed by atoms with Crippen molar-refractivity contribution in [3.8, 4) is 0 Å². The number of rotatable bonds is 4. The molecule has 0 heterocycles. The van der Waals surface area contributed by atoms with E-state index in [0.29, 0.717) is 5.69 Å². The molecule has 8 nitrogen and oxygen atoms in total. The molecule has 0 aromatic heterocycles. The molecule has 0 spiro atoms. The predicted molar refractivity (Wildman–Crippen MR) is 60.7 cm³/mol. The van der Waals surface area contributed by atoms with Gasteiger partial charge in [-0.3, -0.25) is 9.35 Å². The van der Waals surface area contributed by atoms with Crippen molar-refractivity contribution in [3.63, 3.8) is 0 Å². The molecule has 0 saturated heterocycles. The second kappa shape index (κ2) is 7.46. The lowest BCUT2D eigenvalue weighted by atomic mass is 10.3. The van der Waals surface area contributed by atoms with E-state index in [2.05, 4.69) is 5.73 Å². The van der Waals surface area contributed by atoms with Crippen LogP contribution in [0.4, 0.5) is 5.69 Å². The Morgan fingerprint density at radius 3 is 1.89 bits per heavy atom. The van der Waals surface area contributed by atoms with E-state index in [0.717, 1.165) is 0 Å². The Hall–Kier alpha value is -1.97. The van der Waals surface area contributed by atoms with Crippen LogP contribution in [0.3, 0.4) is 0 Å². The molecule has 0 amide bonds. The summed E-state index contributed by atoms with van der Waals surface area (Å²) in [5.74, 6) is -2.44. The average Bonchev–Trinajstić information content (AvgIpc) is 2.26. The predicted octanol–water partition coefficient (Wildman–Crippen LogP) is -1.59. The minimum absolute atomic E-state index is 0.107. The molecule has 5 N–H and O–H groups in total. The maximum atomic E-state index is 10.5. The molecule has 0 saturated carbocycles. The second-order valence-corrected chi connectivity index (χ2v) is 4.81. The minimum Gasteiger partial charge on any atom is -0.550 e. The van der Waals surface area contributed by atoms with E-state index in [9.17, 15) is 23.1 Å².